The summed E-state index contributed by atoms with van der Waals surface area (Å²) in [6, 6.07) is 0. The van der Waals surface area contributed by atoms with Crippen LogP contribution < -0.4 is 0 Å². The molecule has 1 nitrogen and oxygen atoms in total. The average molecular weight is 336 g/mol. The molecule has 0 aliphatic heterocycles. The predicted octanol–water partition coefficient (Wildman–Crippen LogP) is 2.18. The van der Waals surface area contributed by atoms with Gasteiger partial charge in [-0.3, -0.25) is 0 Å². The van der Waals surface area contributed by atoms with Crippen LogP contribution in [0, 0.1) is 12.3 Å². The molecule has 0 aliphatic carbocycles. The van der Waals surface area contributed by atoms with Crippen LogP contribution in [0.1, 0.15) is 6.92 Å². The Balaban J connectivity index is 3.28. The number of alkyl halides is 2. The monoisotopic (exact) mass is 336 g/mol. The van der Waals surface area contributed by atoms with E-state index in [4.69, 9.17) is 11.2 Å². The number of terminal acetylenes is 1. The molecular weight excluding hydrogens is 330 g/mol. The Morgan fingerprint density at radius 2 is 2.12 bits per heavy atom. The zero-order valence-corrected chi connectivity index (χ0v) is 8.71. The van der Waals surface area contributed by atoms with E-state index < -0.39 is 0 Å². The summed E-state index contributed by atoms with van der Waals surface area (Å²) in [5.74, 6) is 2.46. The number of ether oxygens (including phenoxy) is 1. The molecule has 0 aromatic rings. The summed E-state index contributed by atoms with van der Waals surface area (Å²) < 4.78 is 5.25. The SMILES string of the molecule is C#CC(I)OC(C)I. The van der Waals surface area contributed by atoms with E-state index in [0.29, 0.717) is 0 Å². The van der Waals surface area contributed by atoms with Crippen LogP contribution in [0.2, 0.25) is 0 Å². The minimum atomic E-state index is -0.0838. The standard InChI is InChI=1S/C5H6I2O/c1-3-5(7)8-4(2)6/h1,4-5H,2H3. The fourth-order valence-corrected chi connectivity index (χ4v) is 1.50. The molecule has 8 heavy (non-hydrogen) atoms. The molecule has 0 saturated heterocycles. The van der Waals surface area contributed by atoms with Crippen LogP contribution in [0.5, 0.6) is 0 Å². The number of hydrogen-bond acceptors (Lipinski definition) is 1. The molecule has 0 aromatic carbocycles. The molecule has 0 fully saturated rings. The normalized spacial score (nSPS) is 16.8. The number of hydrogen-bond donors (Lipinski definition) is 0. The first-order valence-corrected chi connectivity index (χ1v) is 4.55. The van der Waals surface area contributed by atoms with Crippen molar-refractivity contribution in [2.45, 2.75) is 15.1 Å². The van der Waals surface area contributed by atoms with Crippen molar-refractivity contribution >= 4 is 45.2 Å². The van der Waals surface area contributed by atoms with Gasteiger partial charge in [-0.25, -0.2) is 0 Å². The molecule has 2 unspecified atom stereocenters. The first kappa shape index (κ1) is 8.98. The lowest BCUT2D eigenvalue weighted by Crippen LogP contribution is -2.05. The largest absolute Gasteiger partial charge is 0.343 e. The van der Waals surface area contributed by atoms with E-state index in [-0.39, 0.29) is 8.22 Å². The lowest BCUT2D eigenvalue weighted by molar-refractivity contribution is 0.156. The highest BCUT2D eigenvalue weighted by Crippen LogP contribution is 2.08. The smallest absolute Gasteiger partial charge is 0.170 e. The van der Waals surface area contributed by atoms with Crippen molar-refractivity contribution in [1.29, 1.82) is 0 Å². The third kappa shape index (κ3) is 5.12. The van der Waals surface area contributed by atoms with E-state index in [2.05, 4.69) is 51.1 Å². The van der Waals surface area contributed by atoms with Crippen LogP contribution in [-0.2, 0) is 4.74 Å². The zero-order chi connectivity index (χ0) is 6.57. The first-order valence-electron chi connectivity index (χ1n) is 2.06. The maximum absolute atomic E-state index is 5.14. The van der Waals surface area contributed by atoms with E-state index in [1.807, 2.05) is 6.92 Å². The van der Waals surface area contributed by atoms with E-state index in [0.717, 1.165) is 0 Å². The summed E-state index contributed by atoms with van der Waals surface area (Å²) in [5, 5.41) is 0. The molecule has 3 heteroatoms. The van der Waals surface area contributed by atoms with Crippen molar-refractivity contribution in [2.24, 2.45) is 0 Å². The predicted molar refractivity (Wildman–Crippen MR) is 51.2 cm³/mol. The Hall–Kier alpha value is 0.980. The molecule has 0 bridgehead atoms. The quantitative estimate of drug-likeness (QED) is 0.427. The fraction of sp³-hybridized carbons (Fsp3) is 0.600. The van der Waals surface area contributed by atoms with Crippen LogP contribution in [0.25, 0.3) is 0 Å². The van der Waals surface area contributed by atoms with Gasteiger partial charge in [-0.15, -0.1) is 6.42 Å². The van der Waals surface area contributed by atoms with Crippen molar-refractivity contribution in [3.63, 3.8) is 0 Å². The molecule has 0 heterocycles. The van der Waals surface area contributed by atoms with Crippen molar-refractivity contribution in [1.82, 2.24) is 0 Å². The molecule has 46 valence electrons. The van der Waals surface area contributed by atoms with Gasteiger partial charge in [0.05, 0.1) is 0 Å². The highest BCUT2D eigenvalue weighted by atomic mass is 127. The molecule has 2 atom stereocenters. The summed E-state index contributed by atoms with van der Waals surface area (Å²) >= 11 is 4.22. The van der Waals surface area contributed by atoms with Crippen molar-refractivity contribution < 1.29 is 4.74 Å². The van der Waals surface area contributed by atoms with Crippen molar-refractivity contribution in [2.75, 3.05) is 0 Å². The molecule has 0 amide bonds. The highest BCUT2D eigenvalue weighted by molar-refractivity contribution is 14.1. The van der Waals surface area contributed by atoms with Gasteiger partial charge in [-0.2, -0.15) is 0 Å². The highest BCUT2D eigenvalue weighted by Gasteiger charge is 2.00. The average Bonchev–Trinajstić information content (AvgIpc) is 1.65. The Morgan fingerprint density at radius 3 is 2.25 bits per heavy atom. The van der Waals surface area contributed by atoms with E-state index >= 15 is 0 Å². The molecule has 0 aliphatic rings. The van der Waals surface area contributed by atoms with Gasteiger partial charge in [0.1, 0.15) is 4.11 Å². The van der Waals surface area contributed by atoms with Gasteiger partial charge in [-0.1, -0.05) is 28.5 Å². The summed E-state index contributed by atoms with van der Waals surface area (Å²) in [5.41, 5.74) is 0. The lowest BCUT2D eigenvalue weighted by Gasteiger charge is -2.05. The Bertz CT molecular complexity index is 95.1. The molecule has 0 aromatic heterocycles. The summed E-state index contributed by atoms with van der Waals surface area (Å²) in [7, 11) is 0. The topological polar surface area (TPSA) is 9.23 Å². The molecular formula is C5H6I2O. The van der Waals surface area contributed by atoms with Gasteiger partial charge >= 0.3 is 0 Å². The van der Waals surface area contributed by atoms with Crippen LogP contribution in [0.15, 0.2) is 0 Å². The summed E-state index contributed by atoms with van der Waals surface area (Å²) in [4.78, 5) is 0. The van der Waals surface area contributed by atoms with Crippen molar-refractivity contribution in [3.05, 3.63) is 0 Å². The second kappa shape index (κ2) is 4.82. The maximum atomic E-state index is 5.14. The van der Waals surface area contributed by atoms with Crippen LogP contribution in [0.3, 0.4) is 0 Å². The van der Waals surface area contributed by atoms with Gasteiger partial charge in [-0.05, 0) is 29.5 Å². The van der Waals surface area contributed by atoms with E-state index in [1.165, 1.54) is 0 Å². The molecule has 0 spiro atoms. The van der Waals surface area contributed by atoms with Crippen LogP contribution in [0.4, 0.5) is 0 Å². The van der Waals surface area contributed by atoms with Gasteiger partial charge < -0.3 is 4.74 Å². The van der Waals surface area contributed by atoms with Gasteiger partial charge in [0, 0.05) is 0 Å². The molecule has 0 N–H and O–H groups in total. The summed E-state index contributed by atoms with van der Waals surface area (Å²) in [6.45, 7) is 1.95. The minimum absolute atomic E-state index is 0.0838. The fourth-order valence-electron chi connectivity index (χ4n) is 0.204. The van der Waals surface area contributed by atoms with Gasteiger partial charge in [0.2, 0.25) is 0 Å². The lowest BCUT2D eigenvalue weighted by atomic mass is 10.7. The minimum Gasteiger partial charge on any atom is -0.343 e. The third-order valence-corrected chi connectivity index (χ3v) is 1.38. The van der Waals surface area contributed by atoms with Crippen LogP contribution in [-0.4, -0.2) is 8.22 Å². The number of rotatable bonds is 2. The zero-order valence-electron chi connectivity index (χ0n) is 4.40. The van der Waals surface area contributed by atoms with Crippen LogP contribution >= 0.6 is 45.2 Å². The van der Waals surface area contributed by atoms with Gasteiger partial charge in [0.15, 0.2) is 4.11 Å². The Morgan fingerprint density at radius 1 is 1.62 bits per heavy atom. The van der Waals surface area contributed by atoms with Gasteiger partial charge in [0.25, 0.3) is 0 Å². The molecule has 0 radical (unpaired) electrons. The van der Waals surface area contributed by atoms with E-state index in [9.17, 15) is 0 Å². The molecule has 0 saturated carbocycles. The Kier molecular flexibility index (Phi) is 5.41. The second-order valence-corrected chi connectivity index (χ2v) is 4.05. The molecule has 0 rings (SSSR count). The first-order chi connectivity index (χ1) is 3.66. The second-order valence-electron chi connectivity index (χ2n) is 1.16. The maximum Gasteiger partial charge on any atom is 0.170 e. The summed E-state index contributed by atoms with van der Waals surface area (Å²) in [6.07, 6.45) is 5.03. The number of halogens is 2. The van der Waals surface area contributed by atoms with Crippen molar-refractivity contribution in [3.8, 4) is 12.3 Å². The Labute approximate surface area is 76.8 Å². The third-order valence-electron chi connectivity index (χ3n) is 0.438. The van der Waals surface area contributed by atoms with E-state index in [1.54, 1.807) is 0 Å².